The topological polar surface area (TPSA) is 35.8 Å². The largest absolute Gasteiger partial charge is 0.312 e. The van der Waals surface area contributed by atoms with E-state index in [1.165, 1.54) is 17.7 Å². The van der Waals surface area contributed by atoms with E-state index in [0.717, 1.165) is 18.0 Å². The molecule has 2 rings (SSSR count). The summed E-state index contributed by atoms with van der Waals surface area (Å²) in [6.45, 7) is 1.15. The van der Waals surface area contributed by atoms with E-state index in [2.05, 4.69) is 5.32 Å². The van der Waals surface area contributed by atoms with Crippen LogP contribution in [0.3, 0.4) is 0 Å². The minimum Gasteiger partial charge on any atom is -0.312 e. The first-order valence-corrected chi connectivity index (χ1v) is 6.70. The van der Waals surface area contributed by atoms with Crippen molar-refractivity contribution in [2.75, 3.05) is 6.54 Å². The van der Waals surface area contributed by atoms with Crippen molar-refractivity contribution in [3.05, 3.63) is 70.0 Å². The molecule has 2 aromatic rings. The van der Waals surface area contributed by atoms with Crippen molar-refractivity contribution in [2.24, 2.45) is 0 Å². The average Bonchev–Trinajstić information content (AvgIpc) is 2.47. The Labute approximate surface area is 122 Å². The molecule has 2 aromatic carbocycles. The number of hydrogen-bond acceptors (Lipinski definition) is 2. The van der Waals surface area contributed by atoms with Gasteiger partial charge in [0, 0.05) is 17.1 Å². The molecule has 0 spiro atoms. The van der Waals surface area contributed by atoms with Gasteiger partial charge in [0.05, 0.1) is 11.6 Å². The van der Waals surface area contributed by atoms with Gasteiger partial charge in [-0.1, -0.05) is 23.7 Å². The van der Waals surface area contributed by atoms with Crippen LogP contribution in [0.2, 0.25) is 5.02 Å². The zero-order chi connectivity index (χ0) is 14.4. The van der Waals surface area contributed by atoms with E-state index in [4.69, 9.17) is 16.9 Å². The number of benzene rings is 2. The Balaban J connectivity index is 1.84. The maximum atomic E-state index is 13.5. The molecular weight excluding hydrogens is 275 g/mol. The van der Waals surface area contributed by atoms with E-state index in [1.54, 1.807) is 6.07 Å². The minimum absolute atomic E-state index is 0.289. The van der Waals surface area contributed by atoms with Crippen molar-refractivity contribution in [3.63, 3.8) is 0 Å². The number of rotatable bonds is 5. The third-order valence-corrected chi connectivity index (χ3v) is 3.25. The van der Waals surface area contributed by atoms with Crippen LogP contribution in [-0.2, 0) is 13.0 Å². The van der Waals surface area contributed by atoms with Crippen LogP contribution in [-0.4, -0.2) is 6.54 Å². The number of nitrogens with zero attached hydrogens (tertiary/aromatic N) is 1. The van der Waals surface area contributed by atoms with E-state index in [-0.39, 0.29) is 5.82 Å². The second-order valence-electron chi connectivity index (χ2n) is 4.47. The van der Waals surface area contributed by atoms with Gasteiger partial charge >= 0.3 is 0 Å². The highest BCUT2D eigenvalue weighted by Gasteiger charge is 2.03. The van der Waals surface area contributed by atoms with Crippen molar-refractivity contribution in [1.29, 1.82) is 5.26 Å². The maximum absolute atomic E-state index is 13.5. The molecule has 0 aromatic heterocycles. The van der Waals surface area contributed by atoms with Crippen LogP contribution in [0.4, 0.5) is 4.39 Å². The Morgan fingerprint density at radius 3 is 2.60 bits per heavy atom. The smallest absolute Gasteiger partial charge is 0.127 e. The number of nitriles is 1. The Morgan fingerprint density at radius 2 is 1.90 bits per heavy atom. The van der Waals surface area contributed by atoms with Crippen molar-refractivity contribution in [2.45, 2.75) is 13.0 Å². The normalized spacial score (nSPS) is 10.2. The lowest BCUT2D eigenvalue weighted by Crippen LogP contribution is -2.17. The fourth-order valence-electron chi connectivity index (χ4n) is 1.89. The van der Waals surface area contributed by atoms with Crippen molar-refractivity contribution in [3.8, 4) is 6.07 Å². The number of halogens is 2. The van der Waals surface area contributed by atoms with Gasteiger partial charge < -0.3 is 5.32 Å². The standard InChI is InChI=1S/C16H14ClFN2/c17-15-4-1-12(2-5-15)7-8-20-11-14-9-13(10-19)3-6-16(14)18/h1-6,9,20H,7-8,11H2. The van der Waals surface area contributed by atoms with E-state index in [9.17, 15) is 4.39 Å². The van der Waals surface area contributed by atoms with Gasteiger partial charge in [0.25, 0.3) is 0 Å². The monoisotopic (exact) mass is 288 g/mol. The maximum Gasteiger partial charge on any atom is 0.127 e. The van der Waals surface area contributed by atoms with Crippen LogP contribution in [0.5, 0.6) is 0 Å². The van der Waals surface area contributed by atoms with Gasteiger partial charge in [-0.15, -0.1) is 0 Å². The van der Waals surface area contributed by atoms with E-state index >= 15 is 0 Å². The Bertz CT molecular complexity index is 617. The number of nitrogens with one attached hydrogen (secondary N) is 1. The molecule has 1 N–H and O–H groups in total. The third kappa shape index (κ3) is 4.06. The summed E-state index contributed by atoms with van der Waals surface area (Å²) in [6.07, 6.45) is 0.844. The summed E-state index contributed by atoms with van der Waals surface area (Å²) in [4.78, 5) is 0. The van der Waals surface area contributed by atoms with Crippen LogP contribution >= 0.6 is 11.6 Å². The molecule has 102 valence electrons. The molecule has 0 unspecified atom stereocenters. The first-order chi connectivity index (χ1) is 9.69. The summed E-state index contributed by atoms with van der Waals surface area (Å²) in [6, 6.07) is 14.0. The third-order valence-electron chi connectivity index (χ3n) is 2.99. The van der Waals surface area contributed by atoms with Gasteiger partial charge in [0.1, 0.15) is 5.82 Å². The molecule has 0 heterocycles. The molecule has 0 amide bonds. The van der Waals surface area contributed by atoms with Crippen molar-refractivity contribution in [1.82, 2.24) is 5.32 Å². The predicted octanol–water partition coefficient (Wildman–Crippen LogP) is 3.68. The number of hydrogen-bond donors (Lipinski definition) is 1. The summed E-state index contributed by atoms with van der Waals surface area (Å²) in [7, 11) is 0. The minimum atomic E-state index is -0.289. The molecule has 0 fully saturated rings. The van der Waals surface area contributed by atoms with Gasteiger partial charge in [-0.2, -0.15) is 5.26 Å². The molecule has 0 atom stereocenters. The van der Waals surface area contributed by atoms with E-state index in [0.29, 0.717) is 17.7 Å². The van der Waals surface area contributed by atoms with Gasteiger partial charge in [-0.3, -0.25) is 0 Å². The zero-order valence-corrected chi connectivity index (χ0v) is 11.6. The average molecular weight is 289 g/mol. The molecule has 0 aliphatic heterocycles. The summed E-state index contributed by atoms with van der Waals surface area (Å²) in [5, 5.41) is 12.7. The Morgan fingerprint density at radius 1 is 1.15 bits per heavy atom. The van der Waals surface area contributed by atoms with Gasteiger partial charge in [-0.05, 0) is 48.9 Å². The van der Waals surface area contributed by atoms with Gasteiger partial charge in [0.15, 0.2) is 0 Å². The molecular formula is C16H14ClFN2. The molecule has 4 heteroatoms. The fraction of sp³-hybridized carbons (Fsp3) is 0.188. The molecule has 20 heavy (non-hydrogen) atoms. The highest BCUT2D eigenvalue weighted by molar-refractivity contribution is 6.30. The Hall–Kier alpha value is -1.89. The first kappa shape index (κ1) is 14.5. The zero-order valence-electron chi connectivity index (χ0n) is 10.9. The van der Waals surface area contributed by atoms with E-state index in [1.807, 2.05) is 30.3 Å². The molecule has 0 aliphatic carbocycles. The summed E-state index contributed by atoms with van der Waals surface area (Å²) in [5.74, 6) is -0.289. The summed E-state index contributed by atoms with van der Waals surface area (Å²) < 4.78 is 13.5. The molecule has 0 saturated carbocycles. The van der Waals surface area contributed by atoms with Crippen LogP contribution in [0.1, 0.15) is 16.7 Å². The second-order valence-corrected chi connectivity index (χ2v) is 4.91. The van der Waals surface area contributed by atoms with E-state index < -0.39 is 0 Å². The first-order valence-electron chi connectivity index (χ1n) is 6.33. The molecule has 2 nitrogen and oxygen atoms in total. The molecule has 0 saturated heterocycles. The quantitative estimate of drug-likeness (QED) is 0.852. The SMILES string of the molecule is N#Cc1ccc(F)c(CNCCc2ccc(Cl)cc2)c1. The lowest BCUT2D eigenvalue weighted by atomic mass is 10.1. The predicted molar refractivity (Wildman–Crippen MR) is 78.0 cm³/mol. The van der Waals surface area contributed by atoms with Crippen LogP contribution in [0.25, 0.3) is 0 Å². The van der Waals surface area contributed by atoms with Gasteiger partial charge in [0.2, 0.25) is 0 Å². The second kappa shape index (κ2) is 7.04. The van der Waals surface area contributed by atoms with Gasteiger partial charge in [-0.25, -0.2) is 4.39 Å². The lowest BCUT2D eigenvalue weighted by molar-refractivity contribution is 0.588. The highest BCUT2D eigenvalue weighted by Crippen LogP contribution is 2.11. The summed E-state index contributed by atoms with van der Waals surface area (Å²) >= 11 is 5.82. The van der Waals surface area contributed by atoms with Crippen molar-refractivity contribution < 1.29 is 4.39 Å². The lowest BCUT2D eigenvalue weighted by Gasteiger charge is -2.07. The molecule has 0 radical (unpaired) electrons. The molecule has 0 aliphatic rings. The van der Waals surface area contributed by atoms with Crippen molar-refractivity contribution >= 4 is 11.6 Å². The summed E-state index contributed by atoms with van der Waals surface area (Å²) in [5.41, 5.74) is 2.16. The Kier molecular flexibility index (Phi) is 5.11. The van der Waals surface area contributed by atoms with Crippen LogP contribution < -0.4 is 5.32 Å². The highest BCUT2D eigenvalue weighted by atomic mass is 35.5. The van der Waals surface area contributed by atoms with Crippen LogP contribution in [0.15, 0.2) is 42.5 Å². The molecule has 0 bridgehead atoms. The van der Waals surface area contributed by atoms with Crippen LogP contribution in [0, 0.1) is 17.1 Å². The fourth-order valence-corrected chi connectivity index (χ4v) is 2.01.